The predicted molar refractivity (Wildman–Crippen MR) is 123 cm³/mol. The molecule has 3 aromatic carbocycles. The van der Waals surface area contributed by atoms with Crippen LogP contribution < -0.4 is 4.74 Å². The van der Waals surface area contributed by atoms with Crippen LogP contribution in [-0.2, 0) is 13.1 Å². The molecule has 0 radical (unpaired) electrons. The SMILES string of the molecule is CCOc1ccc(CN(CCCn2ccnc2)C(=O)c2ccc3ccccc3c2)cc1. The molecule has 0 spiro atoms. The maximum atomic E-state index is 13.4. The summed E-state index contributed by atoms with van der Waals surface area (Å²) in [6.45, 7) is 4.65. The van der Waals surface area contributed by atoms with Gasteiger partial charge >= 0.3 is 0 Å². The molecule has 1 amide bonds. The van der Waals surface area contributed by atoms with Crippen molar-refractivity contribution < 1.29 is 9.53 Å². The highest BCUT2D eigenvalue weighted by Crippen LogP contribution is 2.19. The van der Waals surface area contributed by atoms with Crippen molar-refractivity contribution >= 4 is 16.7 Å². The van der Waals surface area contributed by atoms with Gasteiger partial charge in [0.05, 0.1) is 12.9 Å². The quantitative estimate of drug-likeness (QED) is 0.380. The molecule has 5 heteroatoms. The lowest BCUT2D eigenvalue weighted by Crippen LogP contribution is -2.32. The average Bonchev–Trinajstić information content (AvgIpc) is 3.32. The molecule has 1 aromatic heterocycles. The van der Waals surface area contributed by atoms with Crippen molar-refractivity contribution in [3.63, 3.8) is 0 Å². The number of hydrogen-bond acceptors (Lipinski definition) is 3. The topological polar surface area (TPSA) is 47.4 Å². The Morgan fingerprint density at radius 3 is 2.58 bits per heavy atom. The summed E-state index contributed by atoms with van der Waals surface area (Å²) in [5.74, 6) is 0.893. The van der Waals surface area contributed by atoms with Crippen molar-refractivity contribution in [1.82, 2.24) is 14.5 Å². The van der Waals surface area contributed by atoms with Crippen molar-refractivity contribution in [2.75, 3.05) is 13.2 Å². The maximum absolute atomic E-state index is 13.4. The second-order valence-electron chi connectivity index (χ2n) is 7.52. The van der Waals surface area contributed by atoms with Crippen LogP contribution in [0.3, 0.4) is 0 Å². The summed E-state index contributed by atoms with van der Waals surface area (Å²) in [6, 6.07) is 22.0. The van der Waals surface area contributed by atoms with Gasteiger partial charge in [-0.25, -0.2) is 4.98 Å². The largest absolute Gasteiger partial charge is 0.494 e. The van der Waals surface area contributed by atoms with Gasteiger partial charge in [0.15, 0.2) is 0 Å². The number of aromatic nitrogens is 2. The highest BCUT2D eigenvalue weighted by molar-refractivity contribution is 5.98. The highest BCUT2D eigenvalue weighted by atomic mass is 16.5. The number of nitrogens with zero attached hydrogens (tertiary/aromatic N) is 3. The molecule has 0 N–H and O–H groups in total. The molecular weight excluding hydrogens is 386 g/mol. The molecule has 5 nitrogen and oxygen atoms in total. The minimum absolute atomic E-state index is 0.0465. The van der Waals surface area contributed by atoms with E-state index in [0.717, 1.165) is 35.1 Å². The molecule has 0 fully saturated rings. The minimum Gasteiger partial charge on any atom is -0.494 e. The van der Waals surface area contributed by atoms with Gasteiger partial charge in [-0.05, 0) is 53.9 Å². The van der Waals surface area contributed by atoms with E-state index in [4.69, 9.17) is 4.74 Å². The summed E-state index contributed by atoms with van der Waals surface area (Å²) in [6.07, 6.45) is 6.38. The zero-order valence-corrected chi connectivity index (χ0v) is 17.8. The van der Waals surface area contributed by atoms with Gasteiger partial charge in [0.2, 0.25) is 0 Å². The molecule has 0 unspecified atom stereocenters. The first kappa shape index (κ1) is 20.7. The van der Waals surface area contributed by atoms with Crippen LogP contribution in [0.25, 0.3) is 10.8 Å². The molecule has 31 heavy (non-hydrogen) atoms. The summed E-state index contributed by atoms with van der Waals surface area (Å²) < 4.78 is 7.58. The summed E-state index contributed by atoms with van der Waals surface area (Å²) >= 11 is 0. The monoisotopic (exact) mass is 413 g/mol. The number of aryl methyl sites for hydroxylation is 1. The standard InChI is InChI=1S/C26H27N3O2/c1-2-31-25-12-8-21(9-13-25)19-29(16-5-15-28-17-14-27-20-28)26(30)24-11-10-22-6-3-4-7-23(22)18-24/h3-4,6-14,17-18,20H,2,5,15-16,19H2,1H3. The predicted octanol–water partition coefficient (Wildman–Crippen LogP) is 5.17. The van der Waals surface area contributed by atoms with Crippen LogP contribution in [-0.4, -0.2) is 33.5 Å². The molecule has 0 saturated carbocycles. The lowest BCUT2D eigenvalue weighted by molar-refractivity contribution is 0.0739. The number of hydrogen-bond donors (Lipinski definition) is 0. The molecular formula is C26H27N3O2. The fourth-order valence-electron chi connectivity index (χ4n) is 3.70. The van der Waals surface area contributed by atoms with Crippen molar-refractivity contribution in [3.8, 4) is 5.75 Å². The van der Waals surface area contributed by atoms with Crippen molar-refractivity contribution in [1.29, 1.82) is 0 Å². The fraction of sp³-hybridized carbons (Fsp3) is 0.231. The first-order valence-electron chi connectivity index (χ1n) is 10.7. The highest BCUT2D eigenvalue weighted by Gasteiger charge is 2.17. The van der Waals surface area contributed by atoms with Crippen LogP contribution in [0.1, 0.15) is 29.3 Å². The van der Waals surface area contributed by atoms with Gasteiger partial charge in [0.1, 0.15) is 5.75 Å². The zero-order chi connectivity index (χ0) is 21.5. The Balaban J connectivity index is 1.52. The van der Waals surface area contributed by atoms with Crippen LogP contribution in [0, 0.1) is 0 Å². The Morgan fingerprint density at radius 2 is 1.84 bits per heavy atom. The number of ether oxygens (including phenoxy) is 1. The van der Waals surface area contributed by atoms with E-state index in [9.17, 15) is 4.79 Å². The van der Waals surface area contributed by atoms with E-state index in [2.05, 4.69) is 11.1 Å². The third kappa shape index (κ3) is 5.31. The van der Waals surface area contributed by atoms with E-state index in [1.165, 1.54) is 0 Å². The number of benzene rings is 3. The van der Waals surface area contributed by atoms with E-state index in [-0.39, 0.29) is 5.91 Å². The third-order valence-corrected chi connectivity index (χ3v) is 5.29. The number of carbonyl (C=O) groups is 1. The van der Waals surface area contributed by atoms with Crippen LogP contribution in [0.4, 0.5) is 0 Å². The summed E-state index contributed by atoms with van der Waals surface area (Å²) in [5.41, 5.74) is 1.80. The van der Waals surface area contributed by atoms with E-state index in [0.29, 0.717) is 25.3 Å². The second kappa shape index (κ2) is 9.94. The number of amides is 1. The van der Waals surface area contributed by atoms with Crippen molar-refractivity contribution in [2.24, 2.45) is 0 Å². The van der Waals surface area contributed by atoms with Gasteiger partial charge < -0.3 is 14.2 Å². The molecule has 4 aromatic rings. The molecule has 1 heterocycles. The van der Waals surface area contributed by atoms with Gasteiger partial charge in [0, 0.05) is 37.6 Å². The van der Waals surface area contributed by atoms with Crippen molar-refractivity contribution in [2.45, 2.75) is 26.4 Å². The number of carbonyl (C=O) groups excluding carboxylic acids is 1. The number of fused-ring (bicyclic) bond motifs is 1. The molecule has 158 valence electrons. The van der Waals surface area contributed by atoms with Gasteiger partial charge in [-0.2, -0.15) is 0 Å². The van der Waals surface area contributed by atoms with E-state index in [1.54, 1.807) is 6.20 Å². The molecule has 0 aliphatic carbocycles. The van der Waals surface area contributed by atoms with Crippen molar-refractivity contribution in [3.05, 3.63) is 96.6 Å². The zero-order valence-electron chi connectivity index (χ0n) is 17.8. The average molecular weight is 414 g/mol. The van der Waals surface area contributed by atoms with Gasteiger partial charge in [-0.3, -0.25) is 4.79 Å². The van der Waals surface area contributed by atoms with Crippen LogP contribution in [0.15, 0.2) is 85.5 Å². The first-order chi connectivity index (χ1) is 15.2. The van der Waals surface area contributed by atoms with Crippen LogP contribution in [0.5, 0.6) is 5.75 Å². The lowest BCUT2D eigenvalue weighted by atomic mass is 10.1. The number of imidazole rings is 1. The van der Waals surface area contributed by atoms with E-state index >= 15 is 0 Å². The minimum atomic E-state index is 0.0465. The first-order valence-corrected chi connectivity index (χ1v) is 10.7. The third-order valence-electron chi connectivity index (χ3n) is 5.29. The van der Waals surface area contributed by atoms with Gasteiger partial charge in [0.25, 0.3) is 5.91 Å². The Kier molecular flexibility index (Phi) is 6.62. The molecule has 0 bridgehead atoms. The Hall–Kier alpha value is -3.60. The molecule has 0 aliphatic heterocycles. The normalized spacial score (nSPS) is 10.9. The van der Waals surface area contributed by atoms with Gasteiger partial charge in [-0.15, -0.1) is 0 Å². The summed E-state index contributed by atoms with van der Waals surface area (Å²) in [5, 5.41) is 2.21. The molecule has 0 atom stereocenters. The summed E-state index contributed by atoms with van der Waals surface area (Å²) in [4.78, 5) is 19.5. The second-order valence-corrected chi connectivity index (χ2v) is 7.52. The van der Waals surface area contributed by atoms with Gasteiger partial charge in [-0.1, -0.05) is 42.5 Å². The Bertz CT molecular complexity index is 1120. The fourth-order valence-corrected chi connectivity index (χ4v) is 3.70. The summed E-state index contributed by atoms with van der Waals surface area (Å²) in [7, 11) is 0. The maximum Gasteiger partial charge on any atom is 0.254 e. The molecule has 0 aliphatic rings. The smallest absolute Gasteiger partial charge is 0.254 e. The molecule has 4 rings (SSSR count). The Morgan fingerprint density at radius 1 is 1.03 bits per heavy atom. The molecule has 0 saturated heterocycles. The van der Waals surface area contributed by atoms with Crippen LogP contribution in [0.2, 0.25) is 0 Å². The van der Waals surface area contributed by atoms with E-state index in [1.807, 2.05) is 89.6 Å². The number of rotatable bonds is 9. The van der Waals surface area contributed by atoms with Crippen LogP contribution >= 0.6 is 0 Å². The van der Waals surface area contributed by atoms with E-state index < -0.39 is 0 Å². The lowest BCUT2D eigenvalue weighted by Gasteiger charge is -2.23. The Labute approximate surface area is 182 Å².